The van der Waals surface area contributed by atoms with E-state index < -0.39 is 25.5 Å². The lowest BCUT2D eigenvalue weighted by Crippen LogP contribution is -2.32. The quantitative estimate of drug-likeness (QED) is 0.577. The van der Waals surface area contributed by atoms with E-state index in [4.69, 9.17) is 0 Å². The maximum atomic E-state index is 12.3. The Kier molecular flexibility index (Phi) is 4.64. The number of hydrogen-bond donors (Lipinski definition) is 1. The van der Waals surface area contributed by atoms with Crippen LogP contribution in [0.1, 0.15) is 24.5 Å². The number of nitrogens with zero attached hydrogens (tertiary/aromatic N) is 3. The molecule has 9 nitrogen and oxygen atoms in total. The van der Waals surface area contributed by atoms with Crippen LogP contribution in [0.5, 0.6) is 0 Å². The van der Waals surface area contributed by atoms with Gasteiger partial charge in [0.2, 0.25) is 10.0 Å². The Morgan fingerprint density at radius 3 is 2.64 bits per heavy atom. The summed E-state index contributed by atoms with van der Waals surface area (Å²) in [5.74, 6) is 0.371. The Morgan fingerprint density at radius 2 is 1.96 bits per heavy atom. The Morgan fingerprint density at radius 1 is 1.24 bits per heavy atom. The molecule has 1 aliphatic rings. The third-order valence-electron chi connectivity index (χ3n) is 3.85. The summed E-state index contributed by atoms with van der Waals surface area (Å²) in [6.07, 6.45) is 2.07. The largest absolute Gasteiger partial charge is 0.289 e. The first-order valence-corrected chi connectivity index (χ1v) is 9.18. The van der Waals surface area contributed by atoms with Crippen LogP contribution >= 0.6 is 0 Å². The Labute approximate surface area is 143 Å². The molecule has 0 unspecified atom stereocenters. The van der Waals surface area contributed by atoms with Crippen LogP contribution < -0.4 is 10.3 Å². The Hall–Kier alpha value is -2.59. The number of nitro groups is 1. The lowest BCUT2D eigenvalue weighted by atomic mass is 10.3. The molecule has 0 radical (unpaired) electrons. The number of sulfonamides is 1. The summed E-state index contributed by atoms with van der Waals surface area (Å²) in [5, 5.41) is 15.2. The minimum atomic E-state index is -4.07. The molecular weight excluding hydrogens is 348 g/mol. The van der Waals surface area contributed by atoms with Crippen molar-refractivity contribution < 1.29 is 13.3 Å². The van der Waals surface area contributed by atoms with Crippen LogP contribution in [0.4, 0.5) is 5.69 Å². The average molecular weight is 364 g/mol. The number of aromatic nitrogens is 2. The second kappa shape index (κ2) is 6.73. The van der Waals surface area contributed by atoms with Gasteiger partial charge in [-0.3, -0.25) is 14.9 Å². The van der Waals surface area contributed by atoms with Crippen LogP contribution in [0.3, 0.4) is 0 Å². The number of nitro benzene ring substituents is 1. The number of nitrogens with one attached hydrogen (secondary N) is 1. The topological polar surface area (TPSA) is 124 Å². The van der Waals surface area contributed by atoms with Crippen LogP contribution in [-0.4, -0.2) is 29.7 Å². The number of hydrogen-bond acceptors (Lipinski definition) is 6. The molecule has 2 aromatic rings. The normalized spacial score (nSPS) is 14.4. The first-order chi connectivity index (χ1) is 11.9. The minimum Gasteiger partial charge on any atom is -0.268 e. The number of para-hydroxylation sites is 1. The Balaban J connectivity index is 1.72. The van der Waals surface area contributed by atoms with Crippen molar-refractivity contribution in [3.05, 3.63) is 62.6 Å². The summed E-state index contributed by atoms with van der Waals surface area (Å²) in [4.78, 5) is 21.6. The zero-order valence-corrected chi connectivity index (χ0v) is 14.0. The number of benzene rings is 1. The highest BCUT2D eigenvalue weighted by molar-refractivity contribution is 7.89. The van der Waals surface area contributed by atoms with Crippen molar-refractivity contribution in [3.8, 4) is 0 Å². The summed E-state index contributed by atoms with van der Waals surface area (Å²) in [7, 11) is -4.07. The zero-order valence-electron chi connectivity index (χ0n) is 13.2. The molecular formula is C15H16N4O5S. The molecule has 0 aliphatic heterocycles. The molecule has 3 rings (SSSR count). The molecule has 1 heterocycles. The van der Waals surface area contributed by atoms with Gasteiger partial charge in [0.15, 0.2) is 4.90 Å². The summed E-state index contributed by atoms with van der Waals surface area (Å²) < 4.78 is 28.1. The summed E-state index contributed by atoms with van der Waals surface area (Å²) in [5.41, 5.74) is -0.00327. The van der Waals surface area contributed by atoms with Crippen molar-refractivity contribution in [2.45, 2.75) is 30.2 Å². The van der Waals surface area contributed by atoms with Gasteiger partial charge in [-0.25, -0.2) is 17.8 Å². The maximum absolute atomic E-state index is 12.3. The third-order valence-corrected chi connectivity index (χ3v) is 5.36. The monoisotopic (exact) mass is 364 g/mol. The van der Waals surface area contributed by atoms with Crippen molar-refractivity contribution >= 4 is 15.7 Å². The van der Waals surface area contributed by atoms with Gasteiger partial charge in [-0.1, -0.05) is 12.1 Å². The smallest absolute Gasteiger partial charge is 0.268 e. The van der Waals surface area contributed by atoms with Crippen molar-refractivity contribution in [2.24, 2.45) is 0 Å². The predicted octanol–water partition coefficient (Wildman–Crippen LogP) is 1.01. The van der Waals surface area contributed by atoms with Crippen LogP contribution in [0.15, 0.2) is 46.1 Å². The molecule has 1 aromatic heterocycles. The molecule has 0 amide bonds. The van der Waals surface area contributed by atoms with Crippen molar-refractivity contribution in [1.82, 2.24) is 14.5 Å². The highest BCUT2D eigenvalue weighted by Gasteiger charge is 2.26. The molecule has 10 heteroatoms. The molecule has 0 spiro atoms. The van der Waals surface area contributed by atoms with E-state index in [-0.39, 0.29) is 18.6 Å². The highest BCUT2D eigenvalue weighted by atomic mass is 32.2. The molecule has 0 bridgehead atoms. The van der Waals surface area contributed by atoms with Gasteiger partial charge in [0.25, 0.3) is 11.2 Å². The van der Waals surface area contributed by atoms with Gasteiger partial charge < -0.3 is 0 Å². The molecule has 1 N–H and O–H groups in total. The summed E-state index contributed by atoms with van der Waals surface area (Å²) in [6, 6.07) is 8.19. The van der Waals surface area contributed by atoms with Crippen LogP contribution in [-0.2, 0) is 16.6 Å². The van der Waals surface area contributed by atoms with Gasteiger partial charge in [-0.05, 0) is 25.0 Å². The first kappa shape index (κ1) is 17.2. The van der Waals surface area contributed by atoms with Crippen molar-refractivity contribution in [3.63, 3.8) is 0 Å². The zero-order chi connectivity index (χ0) is 18.0. The number of rotatable bonds is 7. The SMILES string of the molecule is O=c1ccc(C2CC2)nn1CCNS(=O)(=O)c1ccccc1[N+](=O)[O-]. The van der Waals surface area contributed by atoms with Crippen LogP contribution in [0.2, 0.25) is 0 Å². The van der Waals surface area contributed by atoms with Gasteiger partial charge >= 0.3 is 0 Å². The van der Waals surface area contributed by atoms with Gasteiger partial charge in [0.1, 0.15) is 0 Å². The van der Waals surface area contributed by atoms with Crippen LogP contribution in [0, 0.1) is 10.1 Å². The van der Waals surface area contributed by atoms with Gasteiger partial charge in [-0.15, -0.1) is 0 Å². The Bertz CT molecular complexity index is 966. The van der Waals surface area contributed by atoms with Gasteiger partial charge in [0.05, 0.1) is 17.2 Å². The van der Waals surface area contributed by atoms with E-state index in [0.29, 0.717) is 5.92 Å². The second-order valence-corrected chi connectivity index (χ2v) is 7.45. The highest BCUT2D eigenvalue weighted by Crippen LogP contribution is 2.38. The van der Waals surface area contributed by atoms with E-state index in [2.05, 4.69) is 9.82 Å². The van der Waals surface area contributed by atoms with E-state index in [9.17, 15) is 23.3 Å². The molecule has 132 valence electrons. The predicted molar refractivity (Wildman–Crippen MR) is 88.8 cm³/mol. The molecule has 0 saturated heterocycles. The maximum Gasteiger partial charge on any atom is 0.289 e. The lowest BCUT2D eigenvalue weighted by molar-refractivity contribution is -0.387. The van der Waals surface area contributed by atoms with Crippen molar-refractivity contribution in [2.75, 3.05) is 6.54 Å². The van der Waals surface area contributed by atoms with Gasteiger partial charge in [0, 0.05) is 24.6 Å². The second-order valence-electron chi connectivity index (χ2n) is 5.72. The standard InChI is InChI=1S/C15H16N4O5S/c20-15-8-7-12(11-5-6-11)17-18(15)10-9-16-25(23,24)14-4-2-1-3-13(14)19(21)22/h1-4,7-8,11,16H,5-6,9-10H2. The van der Waals surface area contributed by atoms with E-state index in [1.54, 1.807) is 6.07 Å². The molecule has 25 heavy (non-hydrogen) atoms. The fourth-order valence-corrected chi connectivity index (χ4v) is 3.61. The summed E-state index contributed by atoms with van der Waals surface area (Å²) >= 11 is 0. The minimum absolute atomic E-state index is 0.0409. The molecule has 1 aromatic carbocycles. The van der Waals surface area contributed by atoms with E-state index >= 15 is 0 Å². The molecule has 1 fully saturated rings. The average Bonchev–Trinajstić information content (AvgIpc) is 3.41. The molecule has 1 aliphatic carbocycles. The van der Waals surface area contributed by atoms with E-state index in [0.717, 1.165) is 24.6 Å². The fourth-order valence-electron chi connectivity index (χ4n) is 2.42. The van der Waals surface area contributed by atoms with Crippen molar-refractivity contribution in [1.29, 1.82) is 0 Å². The summed E-state index contributed by atoms with van der Waals surface area (Å²) in [6.45, 7) is -0.0609. The lowest BCUT2D eigenvalue weighted by Gasteiger charge is -2.09. The van der Waals surface area contributed by atoms with E-state index in [1.165, 1.54) is 28.9 Å². The van der Waals surface area contributed by atoms with Crippen LogP contribution in [0.25, 0.3) is 0 Å². The first-order valence-electron chi connectivity index (χ1n) is 7.69. The molecule has 0 atom stereocenters. The van der Waals surface area contributed by atoms with E-state index in [1.807, 2.05) is 0 Å². The third kappa shape index (κ3) is 3.91. The fraction of sp³-hybridized carbons (Fsp3) is 0.333. The molecule has 1 saturated carbocycles. The van der Waals surface area contributed by atoms with Gasteiger partial charge in [-0.2, -0.15) is 5.10 Å².